The maximum absolute atomic E-state index is 5.63. The molecular formula is C17H19N3O4. The van der Waals surface area contributed by atoms with E-state index in [4.69, 9.17) is 18.4 Å². The molecule has 1 aromatic carbocycles. The van der Waals surface area contributed by atoms with Gasteiger partial charge in [-0.25, -0.2) is 0 Å². The number of aromatic nitrogens is 2. The predicted octanol–water partition coefficient (Wildman–Crippen LogP) is 2.88. The van der Waals surface area contributed by atoms with Gasteiger partial charge in [0.05, 0.1) is 26.5 Å². The minimum absolute atomic E-state index is 0.248. The maximum Gasteiger partial charge on any atom is 0.240 e. The molecule has 24 heavy (non-hydrogen) atoms. The molecule has 3 aromatic rings. The Kier molecular flexibility index (Phi) is 5.12. The average molecular weight is 329 g/mol. The minimum atomic E-state index is 0.248. The van der Waals surface area contributed by atoms with E-state index in [1.165, 1.54) is 0 Å². The van der Waals surface area contributed by atoms with Crippen molar-refractivity contribution in [3.63, 3.8) is 0 Å². The van der Waals surface area contributed by atoms with Crippen LogP contribution in [0.3, 0.4) is 0 Å². The normalized spacial score (nSPS) is 11.0. The zero-order valence-electron chi connectivity index (χ0n) is 13.6. The smallest absolute Gasteiger partial charge is 0.240 e. The van der Waals surface area contributed by atoms with E-state index in [-0.39, 0.29) is 6.61 Å². The molecule has 3 rings (SSSR count). The molecule has 0 aliphatic carbocycles. The van der Waals surface area contributed by atoms with Crippen LogP contribution in [0.5, 0.6) is 11.5 Å². The summed E-state index contributed by atoms with van der Waals surface area (Å²) in [5, 5.41) is 3.93. The van der Waals surface area contributed by atoms with Gasteiger partial charge in [-0.3, -0.25) is 4.90 Å². The average Bonchev–Trinajstić information content (AvgIpc) is 3.25. The highest BCUT2D eigenvalue weighted by Gasteiger charge is 2.11. The van der Waals surface area contributed by atoms with Crippen molar-refractivity contribution in [3.05, 3.63) is 60.1 Å². The molecule has 0 unspecified atom stereocenters. The third kappa shape index (κ3) is 4.36. The SMILES string of the molecule is COc1ccc(OCc2noc(CN(C)Cc3ccco3)n2)cc1. The Morgan fingerprint density at radius 1 is 1.08 bits per heavy atom. The fraction of sp³-hybridized carbons (Fsp3) is 0.294. The summed E-state index contributed by atoms with van der Waals surface area (Å²) in [6, 6.07) is 11.1. The number of furan rings is 1. The van der Waals surface area contributed by atoms with Crippen LogP contribution in [0, 0.1) is 0 Å². The second-order valence-electron chi connectivity index (χ2n) is 5.32. The summed E-state index contributed by atoms with van der Waals surface area (Å²) in [4.78, 5) is 6.36. The number of ether oxygens (including phenoxy) is 2. The Hall–Kier alpha value is -2.80. The molecule has 0 aliphatic heterocycles. The first-order valence-electron chi connectivity index (χ1n) is 7.52. The van der Waals surface area contributed by atoms with Crippen LogP contribution in [0.4, 0.5) is 0 Å². The van der Waals surface area contributed by atoms with Gasteiger partial charge >= 0.3 is 0 Å². The second-order valence-corrected chi connectivity index (χ2v) is 5.32. The van der Waals surface area contributed by atoms with E-state index in [0.29, 0.717) is 24.8 Å². The molecule has 0 fully saturated rings. The van der Waals surface area contributed by atoms with E-state index >= 15 is 0 Å². The lowest BCUT2D eigenvalue weighted by Crippen LogP contribution is -2.17. The van der Waals surface area contributed by atoms with Crippen LogP contribution >= 0.6 is 0 Å². The monoisotopic (exact) mass is 329 g/mol. The Bertz CT molecular complexity index is 738. The third-order valence-corrected chi connectivity index (χ3v) is 3.35. The molecule has 0 radical (unpaired) electrons. The van der Waals surface area contributed by atoms with Crippen molar-refractivity contribution < 1.29 is 18.4 Å². The Morgan fingerprint density at radius 2 is 1.88 bits per heavy atom. The van der Waals surface area contributed by atoms with Gasteiger partial charge in [-0.05, 0) is 43.4 Å². The molecule has 0 aliphatic rings. The maximum atomic E-state index is 5.63. The lowest BCUT2D eigenvalue weighted by Gasteiger charge is -2.11. The van der Waals surface area contributed by atoms with Crippen molar-refractivity contribution in [2.45, 2.75) is 19.7 Å². The summed E-state index contributed by atoms with van der Waals surface area (Å²) >= 11 is 0. The van der Waals surface area contributed by atoms with Gasteiger partial charge in [0, 0.05) is 0 Å². The van der Waals surface area contributed by atoms with Crippen LogP contribution in [0.25, 0.3) is 0 Å². The number of nitrogens with zero attached hydrogens (tertiary/aromatic N) is 3. The van der Waals surface area contributed by atoms with Crippen LogP contribution in [0.2, 0.25) is 0 Å². The van der Waals surface area contributed by atoms with Crippen molar-refractivity contribution in [1.29, 1.82) is 0 Å². The largest absolute Gasteiger partial charge is 0.497 e. The van der Waals surface area contributed by atoms with Crippen LogP contribution in [0.1, 0.15) is 17.5 Å². The number of hydrogen-bond acceptors (Lipinski definition) is 7. The molecule has 7 heteroatoms. The number of hydrogen-bond donors (Lipinski definition) is 0. The number of benzene rings is 1. The predicted molar refractivity (Wildman–Crippen MR) is 85.5 cm³/mol. The lowest BCUT2D eigenvalue weighted by molar-refractivity contribution is 0.242. The van der Waals surface area contributed by atoms with E-state index < -0.39 is 0 Å². The van der Waals surface area contributed by atoms with Gasteiger partial charge in [-0.2, -0.15) is 4.98 Å². The number of rotatable bonds is 8. The van der Waals surface area contributed by atoms with E-state index in [1.54, 1.807) is 13.4 Å². The summed E-state index contributed by atoms with van der Waals surface area (Å²) < 4.78 is 21.3. The second kappa shape index (κ2) is 7.65. The molecule has 0 saturated carbocycles. The highest BCUT2D eigenvalue weighted by atomic mass is 16.5. The molecule has 0 bridgehead atoms. The topological polar surface area (TPSA) is 73.8 Å². The zero-order valence-corrected chi connectivity index (χ0v) is 13.6. The first kappa shape index (κ1) is 16.1. The van der Waals surface area contributed by atoms with E-state index in [9.17, 15) is 0 Å². The third-order valence-electron chi connectivity index (χ3n) is 3.35. The van der Waals surface area contributed by atoms with Crippen molar-refractivity contribution >= 4 is 0 Å². The van der Waals surface area contributed by atoms with E-state index in [0.717, 1.165) is 17.3 Å². The molecule has 2 heterocycles. The summed E-state index contributed by atoms with van der Waals surface area (Å²) in [6.45, 7) is 1.46. The Balaban J connectivity index is 1.49. The van der Waals surface area contributed by atoms with Crippen molar-refractivity contribution in [1.82, 2.24) is 15.0 Å². The van der Waals surface area contributed by atoms with Gasteiger partial charge in [-0.15, -0.1) is 0 Å². The summed E-state index contributed by atoms with van der Waals surface area (Å²) in [5.41, 5.74) is 0. The summed E-state index contributed by atoms with van der Waals surface area (Å²) in [5.74, 6) is 3.44. The van der Waals surface area contributed by atoms with E-state index in [2.05, 4.69) is 10.1 Å². The molecule has 126 valence electrons. The Labute approximate surface area is 139 Å². The molecule has 0 saturated heterocycles. The molecule has 0 amide bonds. The van der Waals surface area contributed by atoms with Crippen molar-refractivity contribution in [2.75, 3.05) is 14.2 Å². The van der Waals surface area contributed by atoms with Gasteiger partial charge in [0.1, 0.15) is 17.3 Å². The molecule has 0 atom stereocenters. The highest BCUT2D eigenvalue weighted by Crippen LogP contribution is 2.18. The molecule has 0 spiro atoms. The number of methoxy groups -OCH3 is 1. The Morgan fingerprint density at radius 3 is 2.58 bits per heavy atom. The minimum Gasteiger partial charge on any atom is -0.497 e. The van der Waals surface area contributed by atoms with Gasteiger partial charge in [0.2, 0.25) is 11.7 Å². The van der Waals surface area contributed by atoms with Gasteiger partial charge < -0.3 is 18.4 Å². The lowest BCUT2D eigenvalue weighted by atomic mass is 10.3. The first-order valence-corrected chi connectivity index (χ1v) is 7.52. The standard InChI is InChI=1S/C17H19N3O4/c1-20(10-15-4-3-9-22-15)11-17-18-16(19-24-17)12-23-14-7-5-13(21-2)6-8-14/h3-9H,10-12H2,1-2H3. The van der Waals surface area contributed by atoms with Crippen molar-refractivity contribution in [3.8, 4) is 11.5 Å². The van der Waals surface area contributed by atoms with Crippen molar-refractivity contribution in [2.24, 2.45) is 0 Å². The van der Waals surface area contributed by atoms with Crippen LogP contribution < -0.4 is 9.47 Å². The van der Waals surface area contributed by atoms with Crippen LogP contribution in [-0.4, -0.2) is 29.2 Å². The van der Waals surface area contributed by atoms with Crippen LogP contribution in [0.15, 0.2) is 51.6 Å². The fourth-order valence-electron chi connectivity index (χ4n) is 2.19. The van der Waals surface area contributed by atoms with E-state index in [1.807, 2.05) is 48.3 Å². The zero-order chi connectivity index (χ0) is 16.8. The molecule has 0 N–H and O–H groups in total. The van der Waals surface area contributed by atoms with Gasteiger partial charge in [0.25, 0.3) is 0 Å². The summed E-state index contributed by atoms with van der Waals surface area (Å²) in [6.07, 6.45) is 1.66. The molecule has 7 nitrogen and oxygen atoms in total. The highest BCUT2D eigenvalue weighted by molar-refractivity contribution is 5.31. The fourth-order valence-corrected chi connectivity index (χ4v) is 2.19. The van der Waals surface area contributed by atoms with Gasteiger partial charge in [-0.1, -0.05) is 5.16 Å². The summed E-state index contributed by atoms with van der Waals surface area (Å²) in [7, 11) is 3.58. The molecule has 2 aromatic heterocycles. The first-order chi connectivity index (χ1) is 11.7. The quantitative estimate of drug-likeness (QED) is 0.629. The van der Waals surface area contributed by atoms with Gasteiger partial charge in [0.15, 0.2) is 6.61 Å². The molecular weight excluding hydrogens is 310 g/mol. The van der Waals surface area contributed by atoms with Crippen LogP contribution in [-0.2, 0) is 19.7 Å².